The molecule has 0 radical (unpaired) electrons. The molecule has 0 atom stereocenters. The van der Waals surface area contributed by atoms with Gasteiger partial charge in [0.1, 0.15) is 0 Å². The molecule has 2 heterocycles. The maximum absolute atomic E-state index is 12.1. The predicted molar refractivity (Wildman–Crippen MR) is 71.3 cm³/mol. The summed E-state index contributed by atoms with van der Waals surface area (Å²) in [5.41, 5.74) is 0.121. The fourth-order valence-corrected chi connectivity index (χ4v) is 1.95. The van der Waals surface area contributed by atoms with E-state index in [9.17, 15) is 9.59 Å². The fourth-order valence-electron chi connectivity index (χ4n) is 1.95. The van der Waals surface area contributed by atoms with Gasteiger partial charge in [-0.3, -0.25) is 13.9 Å². The molecule has 0 bridgehead atoms. The van der Waals surface area contributed by atoms with Gasteiger partial charge in [0.2, 0.25) is 0 Å². The third-order valence-electron chi connectivity index (χ3n) is 3.00. The summed E-state index contributed by atoms with van der Waals surface area (Å²) in [4.78, 5) is 28.0. The number of imidazole rings is 1. The topological polar surface area (TPSA) is 71.1 Å². The molecule has 2 aromatic heterocycles. The van der Waals surface area contributed by atoms with Gasteiger partial charge in [-0.2, -0.15) is 0 Å². The summed E-state index contributed by atoms with van der Waals surface area (Å²) in [5.74, 6) is 0. The number of ether oxygens (including phenoxy) is 1. The Bertz CT molecular complexity index is 708. The van der Waals surface area contributed by atoms with Crippen molar-refractivity contribution in [1.29, 1.82) is 0 Å². The summed E-state index contributed by atoms with van der Waals surface area (Å²) < 4.78 is 9.64. The van der Waals surface area contributed by atoms with Gasteiger partial charge >= 0.3 is 5.69 Å². The van der Waals surface area contributed by atoms with Crippen LogP contribution in [0.1, 0.15) is 13.8 Å². The third-order valence-corrected chi connectivity index (χ3v) is 3.00. The van der Waals surface area contributed by atoms with Crippen LogP contribution >= 0.6 is 0 Å². The highest BCUT2D eigenvalue weighted by molar-refractivity contribution is 5.69. The van der Waals surface area contributed by atoms with Crippen LogP contribution in [0.25, 0.3) is 11.2 Å². The van der Waals surface area contributed by atoms with Crippen molar-refractivity contribution >= 4 is 11.2 Å². The number of rotatable bonds is 4. The van der Waals surface area contributed by atoms with E-state index in [0.29, 0.717) is 24.3 Å². The van der Waals surface area contributed by atoms with E-state index in [1.54, 1.807) is 17.9 Å². The van der Waals surface area contributed by atoms with E-state index in [1.807, 2.05) is 13.8 Å². The zero-order valence-corrected chi connectivity index (χ0v) is 11.6. The molecule has 7 heteroatoms. The lowest BCUT2D eigenvalue weighted by atomic mass is 10.4. The molecule has 0 spiro atoms. The molecule has 0 amide bonds. The molecular formula is C12H18N4O3. The maximum atomic E-state index is 12.1. The second-order valence-corrected chi connectivity index (χ2v) is 4.74. The number of fused-ring (bicyclic) bond motifs is 1. The van der Waals surface area contributed by atoms with E-state index in [2.05, 4.69) is 4.98 Å². The maximum Gasteiger partial charge on any atom is 0.332 e. The van der Waals surface area contributed by atoms with E-state index >= 15 is 0 Å². The minimum Gasteiger partial charge on any atom is -0.377 e. The van der Waals surface area contributed by atoms with Crippen LogP contribution in [0.4, 0.5) is 0 Å². The second-order valence-electron chi connectivity index (χ2n) is 4.74. The molecule has 19 heavy (non-hydrogen) atoms. The number of aryl methyl sites for hydroxylation is 1. The van der Waals surface area contributed by atoms with Crippen LogP contribution in [0.15, 0.2) is 15.9 Å². The Labute approximate surface area is 110 Å². The second kappa shape index (κ2) is 5.00. The minimum absolute atomic E-state index is 0.141. The minimum atomic E-state index is -0.374. The van der Waals surface area contributed by atoms with E-state index in [4.69, 9.17) is 4.74 Å². The Morgan fingerprint density at radius 3 is 2.58 bits per heavy atom. The quantitative estimate of drug-likeness (QED) is 0.772. The van der Waals surface area contributed by atoms with Gasteiger partial charge in [0.15, 0.2) is 11.2 Å². The highest BCUT2D eigenvalue weighted by Crippen LogP contribution is 2.05. The molecule has 0 fully saturated rings. The van der Waals surface area contributed by atoms with E-state index in [0.717, 1.165) is 4.57 Å². The summed E-state index contributed by atoms with van der Waals surface area (Å²) in [6.07, 6.45) is 1.71. The van der Waals surface area contributed by atoms with E-state index < -0.39 is 0 Å². The van der Waals surface area contributed by atoms with E-state index in [-0.39, 0.29) is 17.4 Å². The lowest BCUT2D eigenvalue weighted by molar-refractivity contribution is 0.0732. The van der Waals surface area contributed by atoms with Crippen LogP contribution in [0.3, 0.4) is 0 Å². The SMILES string of the molecule is CC(C)OCCn1cnc2c1c(=O)n(C)c(=O)n2C. The van der Waals surface area contributed by atoms with Crippen LogP contribution in [-0.2, 0) is 25.4 Å². The number of nitrogens with zero attached hydrogens (tertiary/aromatic N) is 4. The summed E-state index contributed by atoms with van der Waals surface area (Å²) in [6, 6.07) is 0. The first kappa shape index (κ1) is 13.5. The van der Waals surface area contributed by atoms with Crippen LogP contribution in [0, 0.1) is 0 Å². The van der Waals surface area contributed by atoms with Gasteiger partial charge in [-0.25, -0.2) is 9.78 Å². The molecule has 2 aromatic rings. The standard InChI is InChI=1S/C12H18N4O3/c1-8(2)19-6-5-16-7-13-10-9(16)11(17)15(4)12(18)14(10)3/h7-8H,5-6H2,1-4H3. The Kier molecular flexibility index (Phi) is 3.57. The van der Waals surface area contributed by atoms with Crippen LogP contribution < -0.4 is 11.2 Å². The molecule has 0 aliphatic heterocycles. The van der Waals surface area contributed by atoms with Crippen LogP contribution in [0.2, 0.25) is 0 Å². The molecule has 0 saturated carbocycles. The van der Waals surface area contributed by atoms with E-state index in [1.165, 1.54) is 11.6 Å². The van der Waals surface area contributed by atoms with Crippen LogP contribution in [-0.4, -0.2) is 31.4 Å². The van der Waals surface area contributed by atoms with Crippen molar-refractivity contribution in [2.45, 2.75) is 26.5 Å². The predicted octanol–water partition coefficient (Wildman–Crippen LogP) is -0.141. The van der Waals surface area contributed by atoms with Crippen molar-refractivity contribution < 1.29 is 4.74 Å². The molecule has 0 aliphatic rings. The number of aromatic nitrogens is 4. The molecule has 0 aliphatic carbocycles. The molecule has 0 N–H and O–H groups in total. The smallest absolute Gasteiger partial charge is 0.332 e. The lowest BCUT2D eigenvalue weighted by Crippen LogP contribution is -2.37. The first-order valence-electron chi connectivity index (χ1n) is 6.16. The molecule has 2 rings (SSSR count). The van der Waals surface area contributed by atoms with Crippen LogP contribution in [0.5, 0.6) is 0 Å². The highest BCUT2D eigenvalue weighted by atomic mass is 16.5. The van der Waals surface area contributed by atoms with Gasteiger partial charge in [0.25, 0.3) is 5.56 Å². The Balaban J connectivity index is 2.48. The summed E-state index contributed by atoms with van der Waals surface area (Å²) in [5, 5.41) is 0. The highest BCUT2D eigenvalue weighted by Gasteiger charge is 2.13. The fraction of sp³-hybridized carbons (Fsp3) is 0.583. The summed E-state index contributed by atoms with van der Waals surface area (Å²) in [7, 11) is 3.07. The first-order chi connectivity index (χ1) is 8.93. The van der Waals surface area contributed by atoms with Gasteiger partial charge < -0.3 is 9.30 Å². The molecule has 104 valence electrons. The molecule has 0 unspecified atom stereocenters. The average molecular weight is 266 g/mol. The zero-order valence-electron chi connectivity index (χ0n) is 11.6. The monoisotopic (exact) mass is 266 g/mol. The average Bonchev–Trinajstić information content (AvgIpc) is 2.77. The van der Waals surface area contributed by atoms with Crippen molar-refractivity contribution in [3.8, 4) is 0 Å². The summed E-state index contributed by atoms with van der Waals surface area (Å²) in [6.45, 7) is 4.93. The van der Waals surface area contributed by atoms with Crippen molar-refractivity contribution in [1.82, 2.24) is 18.7 Å². The molecule has 7 nitrogen and oxygen atoms in total. The normalized spacial score (nSPS) is 11.6. The van der Waals surface area contributed by atoms with Gasteiger partial charge in [0, 0.05) is 20.6 Å². The van der Waals surface area contributed by atoms with Gasteiger partial charge in [0.05, 0.1) is 19.0 Å². The Morgan fingerprint density at radius 2 is 1.95 bits per heavy atom. The summed E-state index contributed by atoms with van der Waals surface area (Å²) >= 11 is 0. The van der Waals surface area contributed by atoms with Crippen molar-refractivity contribution in [3.05, 3.63) is 27.2 Å². The van der Waals surface area contributed by atoms with Crippen molar-refractivity contribution in [2.24, 2.45) is 14.1 Å². The molecular weight excluding hydrogens is 248 g/mol. The molecule has 0 aromatic carbocycles. The number of hydrogen-bond acceptors (Lipinski definition) is 4. The molecule has 0 saturated heterocycles. The van der Waals surface area contributed by atoms with Gasteiger partial charge in [-0.1, -0.05) is 0 Å². The third kappa shape index (κ3) is 2.33. The number of hydrogen-bond donors (Lipinski definition) is 0. The largest absolute Gasteiger partial charge is 0.377 e. The van der Waals surface area contributed by atoms with Crippen molar-refractivity contribution in [3.63, 3.8) is 0 Å². The zero-order chi connectivity index (χ0) is 14.2. The van der Waals surface area contributed by atoms with Gasteiger partial charge in [-0.15, -0.1) is 0 Å². The first-order valence-corrected chi connectivity index (χ1v) is 6.16. The van der Waals surface area contributed by atoms with Crippen molar-refractivity contribution in [2.75, 3.05) is 6.61 Å². The van der Waals surface area contributed by atoms with Gasteiger partial charge in [-0.05, 0) is 13.8 Å². The lowest BCUT2D eigenvalue weighted by Gasteiger charge is -2.09. The Hall–Kier alpha value is -1.89. The Morgan fingerprint density at radius 1 is 1.26 bits per heavy atom.